The molecule has 3 heteroatoms. The number of benzene rings is 1. The zero-order chi connectivity index (χ0) is 13.1. The van der Waals surface area contributed by atoms with Gasteiger partial charge in [-0.2, -0.15) is 0 Å². The minimum absolute atomic E-state index is 0.184. The Kier molecular flexibility index (Phi) is 4.40. The minimum atomic E-state index is -0.214. The molecule has 1 unspecified atom stereocenters. The average molecular weight is 237 g/mol. The number of hydrogen-bond donors (Lipinski definition) is 1. The predicted molar refractivity (Wildman–Crippen MR) is 70.8 cm³/mol. The lowest BCUT2D eigenvalue weighted by Gasteiger charge is -2.26. The van der Waals surface area contributed by atoms with Gasteiger partial charge in [0.25, 0.3) is 0 Å². The van der Waals surface area contributed by atoms with Gasteiger partial charge in [0.15, 0.2) is 0 Å². The highest BCUT2D eigenvalue weighted by Crippen LogP contribution is 2.35. The van der Waals surface area contributed by atoms with Crippen LogP contribution in [-0.4, -0.2) is 19.8 Å². The average Bonchev–Trinajstić information content (AvgIpc) is 2.25. The first-order chi connectivity index (χ1) is 7.89. The molecule has 3 nitrogen and oxygen atoms in total. The van der Waals surface area contributed by atoms with E-state index in [1.807, 2.05) is 46.0 Å². The fourth-order valence-corrected chi connectivity index (χ4v) is 1.69. The van der Waals surface area contributed by atoms with E-state index in [9.17, 15) is 0 Å². The van der Waals surface area contributed by atoms with Crippen LogP contribution in [0.15, 0.2) is 18.2 Å². The molecule has 1 atom stereocenters. The van der Waals surface area contributed by atoms with Crippen LogP contribution < -0.4 is 14.8 Å². The first-order valence-electron chi connectivity index (χ1n) is 5.92. The highest BCUT2D eigenvalue weighted by Gasteiger charge is 2.20. The lowest BCUT2D eigenvalue weighted by molar-refractivity contribution is 0.128. The zero-order valence-electron chi connectivity index (χ0n) is 11.6. The van der Waals surface area contributed by atoms with Gasteiger partial charge in [-0.15, -0.1) is 0 Å². The minimum Gasteiger partial charge on any atom is -0.496 e. The molecule has 0 saturated carbocycles. The summed E-state index contributed by atoms with van der Waals surface area (Å²) in [6.45, 7) is 8.22. The second-order valence-electron chi connectivity index (χ2n) is 5.10. The summed E-state index contributed by atoms with van der Waals surface area (Å²) in [4.78, 5) is 0. The van der Waals surface area contributed by atoms with Crippen LogP contribution in [-0.2, 0) is 0 Å². The lowest BCUT2D eigenvalue weighted by Crippen LogP contribution is -2.25. The number of nitrogens with one attached hydrogen (secondary N) is 1. The van der Waals surface area contributed by atoms with E-state index in [-0.39, 0.29) is 11.6 Å². The van der Waals surface area contributed by atoms with Gasteiger partial charge in [-0.25, -0.2) is 0 Å². The molecule has 0 saturated heterocycles. The van der Waals surface area contributed by atoms with Crippen molar-refractivity contribution < 1.29 is 9.47 Å². The van der Waals surface area contributed by atoms with Crippen molar-refractivity contribution in [3.8, 4) is 11.5 Å². The van der Waals surface area contributed by atoms with Crippen molar-refractivity contribution in [2.45, 2.75) is 39.3 Å². The summed E-state index contributed by atoms with van der Waals surface area (Å²) in [6.07, 6.45) is 0. The predicted octanol–water partition coefficient (Wildman–Crippen LogP) is 3.15. The summed E-state index contributed by atoms with van der Waals surface area (Å²) >= 11 is 0. The Morgan fingerprint density at radius 1 is 1.18 bits per heavy atom. The van der Waals surface area contributed by atoms with Crippen LogP contribution in [0.1, 0.15) is 39.3 Å². The van der Waals surface area contributed by atoms with Gasteiger partial charge in [-0.3, -0.25) is 0 Å². The molecule has 0 spiro atoms. The maximum absolute atomic E-state index is 5.98. The van der Waals surface area contributed by atoms with E-state index in [4.69, 9.17) is 9.47 Å². The van der Waals surface area contributed by atoms with Gasteiger partial charge < -0.3 is 14.8 Å². The fourth-order valence-electron chi connectivity index (χ4n) is 1.69. The van der Waals surface area contributed by atoms with Crippen molar-refractivity contribution in [2.75, 3.05) is 14.2 Å². The van der Waals surface area contributed by atoms with E-state index < -0.39 is 0 Å². The fraction of sp³-hybridized carbons (Fsp3) is 0.571. The van der Waals surface area contributed by atoms with Crippen molar-refractivity contribution in [3.05, 3.63) is 23.8 Å². The SMILES string of the molecule is CNC(C)c1c(OC)cccc1OC(C)(C)C. The van der Waals surface area contributed by atoms with Crippen LogP contribution >= 0.6 is 0 Å². The van der Waals surface area contributed by atoms with E-state index in [2.05, 4.69) is 12.2 Å². The van der Waals surface area contributed by atoms with Crippen LogP contribution in [0.3, 0.4) is 0 Å². The number of methoxy groups -OCH3 is 1. The molecule has 96 valence electrons. The normalized spacial score (nSPS) is 13.3. The molecule has 17 heavy (non-hydrogen) atoms. The van der Waals surface area contributed by atoms with Crippen LogP contribution in [0.2, 0.25) is 0 Å². The molecule has 0 fully saturated rings. The van der Waals surface area contributed by atoms with Crippen LogP contribution in [0, 0.1) is 0 Å². The van der Waals surface area contributed by atoms with E-state index in [1.165, 1.54) is 0 Å². The highest BCUT2D eigenvalue weighted by molar-refractivity contribution is 5.47. The third-order valence-electron chi connectivity index (χ3n) is 2.53. The Morgan fingerprint density at radius 2 is 1.76 bits per heavy atom. The number of ether oxygens (including phenoxy) is 2. The summed E-state index contributed by atoms with van der Waals surface area (Å²) in [5, 5.41) is 3.22. The topological polar surface area (TPSA) is 30.5 Å². The molecule has 0 aliphatic heterocycles. The van der Waals surface area contributed by atoms with Crippen LogP contribution in [0.25, 0.3) is 0 Å². The summed E-state index contributed by atoms with van der Waals surface area (Å²) in [5.41, 5.74) is 0.849. The molecule has 0 aromatic heterocycles. The van der Waals surface area contributed by atoms with Crippen molar-refractivity contribution in [3.63, 3.8) is 0 Å². The Hall–Kier alpha value is -1.22. The molecule has 0 bridgehead atoms. The van der Waals surface area contributed by atoms with Gasteiger partial charge in [-0.1, -0.05) is 6.07 Å². The van der Waals surface area contributed by atoms with Crippen LogP contribution in [0.5, 0.6) is 11.5 Å². The Labute approximate surface area is 104 Å². The largest absolute Gasteiger partial charge is 0.496 e. The third-order valence-corrected chi connectivity index (χ3v) is 2.53. The standard InChI is InChI=1S/C14H23NO2/c1-10(15-5)13-11(16-6)8-7-9-12(13)17-14(2,3)4/h7-10,15H,1-6H3. The Balaban J connectivity index is 3.19. The smallest absolute Gasteiger partial charge is 0.128 e. The first-order valence-corrected chi connectivity index (χ1v) is 5.92. The summed E-state index contributed by atoms with van der Waals surface area (Å²) in [7, 11) is 3.61. The van der Waals surface area contributed by atoms with Gasteiger partial charge in [0.05, 0.1) is 12.7 Å². The van der Waals surface area contributed by atoms with E-state index >= 15 is 0 Å². The van der Waals surface area contributed by atoms with Gasteiger partial charge in [0.1, 0.15) is 17.1 Å². The molecule has 0 heterocycles. The van der Waals surface area contributed by atoms with Crippen molar-refractivity contribution >= 4 is 0 Å². The molecule has 1 N–H and O–H groups in total. The molecule has 1 aromatic carbocycles. The van der Waals surface area contributed by atoms with Crippen molar-refractivity contribution in [1.29, 1.82) is 0 Å². The summed E-state index contributed by atoms with van der Waals surface area (Å²) < 4.78 is 11.4. The maximum Gasteiger partial charge on any atom is 0.128 e. The highest BCUT2D eigenvalue weighted by atomic mass is 16.5. The molecule has 0 radical (unpaired) electrons. The molecule has 0 aliphatic rings. The van der Waals surface area contributed by atoms with Crippen LogP contribution in [0.4, 0.5) is 0 Å². The Bertz CT molecular complexity index is 369. The molecule has 1 rings (SSSR count). The number of hydrogen-bond acceptors (Lipinski definition) is 3. The van der Waals surface area contributed by atoms with Crippen molar-refractivity contribution in [1.82, 2.24) is 5.32 Å². The lowest BCUT2D eigenvalue weighted by atomic mass is 10.1. The maximum atomic E-state index is 5.98. The van der Waals surface area contributed by atoms with Crippen molar-refractivity contribution in [2.24, 2.45) is 0 Å². The first kappa shape index (κ1) is 13.8. The zero-order valence-corrected chi connectivity index (χ0v) is 11.6. The molecular formula is C14H23NO2. The second-order valence-corrected chi connectivity index (χ2v) is 5.10. The van der Waals surface area contributed by atoms with E-state index in [1.54, 1.807) is 7.11 Å². The second kappa shape index (κ2) is 5.41. The third kappa shape index (κ3) is 3.63. The van der Waals surface area contributed by atoms with Gasteiger partial charge in [0, 0.05) is 6.04 Å². The molecular weight excluding hydrogens is 214 g/mol. The summed E-state index contributed by atoms with van der Waals surface area (Å²) in [6, 6.07) is 6.07. The van der Waals surface area contributed by atoms with Gasteiger partial charge >= 0.3 is 0 Å². The summed E-state index contributed by atoms with van der Waals surface area (Å²) in [5.74, 6) is 1.73. The molecule has 0 amide bonds. The Morgan fingerprint density at radius 3 is 2.24 bits per heavy atom. The van der Waals surface area contributed by atoms with E-state index in [0.29, 0.717) is 0 Å². The quantitative estimate of drug-likeness (QED) is 0.872. The molecule has 0 aliphatic carbocycles. The number of rotatable bonds is 4. The van der Waals surface area contributed by atoms with Gasteiger partial charge in [-0.05, 0) is 46.9 Å². The molecule has 1 aromatic rings. The monoisotopic (exact) mass is 237 g/mol. The van der Waals surface area contributed by atoms with E-state index in [0.717, 1.165) is 17.1 Å². The van der Waals surface area contributed by atoms with Gasteiger partial charge in [0.2, 0.25) is 0 Å².